The van der Waals surface area contributed by atoms with Crippen LogP contribution in [0.15, 0.2) is 49.1 Å². The van der Waals surface area contributed by atoms with Gasteiger partial charge in [-0.15, -0.1) is 17.9 Å². The number of nitrogens with zero attached hydrogens (tertiary/aromatic N) is 3. The molecule has 5 atom stereocenters. The van der Waals surface area contributed by atoms with Crippen LogP contribution < -0.4 is 20.1 Å². The molecule has 13 nitrogen and oxygen atoms in total. The van der Waals surface area contributed by atoms with Gasteiger partial charge >= 0.3 is 0 Å². The molecule has 3 aromatic rings. The van der Waals surface area contributed by atoms with Crippen LogP contribution in [0.2, 0.25) is 0 Å². The van der Waals surface area contributed by atoms with Crippen LogP contribution in [0.25, 0.3) is 21.6 Å². The second-order valence-electron chi connectivity index (χ2n) is 15.2. The number of aliphatic hydroxyl groups is 1. The van der Waals surface area contributed by atoms with Crippen LogP contribution in [-0.4, -0.2) is 87.7 Å². The van der Waals surface area contributed by atoms with E-state index in [1.54, 1.807) is 32.1 Å². The van der Waals surface area contributed by atoms with Crippen molar-refractivity contribution in [3.63, 3.8) is 0 Å². The molecule has 0 unspecified atom stereocenters. The molecule has 1 aliphatic heterocycles. The standard InChI is InChI=1S/C36H44N6O7S2/c1-5-20-17-36(20,34(46)41-51(47,48)24-13-14-24)40-31(44)27-16-22(19-42(27)33(45)30(43)35(2,3)4)49-32-29(38-25-8-6-7-9-26(25)39-32)28-15-12-23(50-28)18-37-21-10-11-21/h5-9,12,15,20-22,24,27,30,37,43H,1,10-11,13-14,16-19H2,2-4H3,(H,40,44)(H,41,46)/t20-,22-,27+,30-,36-/m1/s1. The van der Waals surface area contributed by atoms with E-state index in [0.29, 0.717) is 35.6 Å². The first-order valence-corrected chi connectivity index (χ1v) is 19.8. The number of sulfonamides is 1. The number of carbonyl (C=O) groups excluding carboxylic acids is 3. The first-order valence-electron chi connectivity index (χ1n) is 17.4. The van der Waals surface area contributed by atoms with Gasteiger partial charge in [0.25, 0.3) is 11.8 Å². The van der Waals surface area contributed by atoms with Gasteiger partial charge in [0, 0.05) is 29.8 Å². The maximum absolute atomic E-state index is 14.1. The molecule has 3 aliphatic carbocycles. The van der Waals surface area contributed by atoms with Gasteiger partial charge in [0.1, 0.15) is 29.5 Å². The molecule has 7 rings (SSSR count). The van der Waals surface area contributed by atoms with E-state index in [2.05, 4.69) is 28.0 Å². The summed E-state index contributed by atoms with van der Waals surface area (Å²) < 4.78 is 34.0. The summed E-state index contributed by atoms with van der Waals surface area (Å²) >= 11 is 1.59. The fourth-order valence-electron chi connectivity index (χ4n) is 6.44. The molecule has 3 heterocycles. The van der Waals surface area contributed by atoms with Crippen LogP contribution in [0, 0.1) is 11.3 Å². The zero-order valence-corrected chi connectivity index (χ0v) is 30.6. The normalized spacial score (nSPS) is 25.3. The number of aromatic nitrogens is 2. The molecule has 2 aromatic heterocycles. The van der Waals surface area contributed by atoms with Gasteiger partial charge in [-0.2, -0.15) is 0 Å². The number of nitrogens with one attached hydrogen (secondary N) is 3. The van der Waals surface area contributed by atoms with Crippen LogP contribution in [0.1, 0.15) is 64.2 Å². The molecule has 4 N–H and O–H groups in total. The predicted octanol–water partition coefficient (Wildman–Crippen LogP) is 3.03. The minimum absolute atomic E-state index is 0.0280. The van der Waals surface area contributed by atoms with E-state index in [1.807, 2.05) is 30.3 Å². The molecule has 0 bridgehead atoms. The Morgan fingerprint density at radius 3 is 2.45 bits per heavy atom. The zero-order chi connectivity index (χ0) is 36.3. The molecule has 3 saturated carbocycles. The number of rotatable bonds is 13. The molecule has 272 valence electrons. The van der Waals surface area contributed by atoms with Crippen molar-refractivity contribution in [3.05, 3.63) is 53.9 Å². The molecular weight excluding hydrogens is 693 g/mol. The Morgan fingerprint density at radius 2 is 1.82 bits per heavy atom. The summed E-state index contributed by atoms with van der Waals surface area (Å²) in [5.41, 5.74) is -0.518. The number of likely N-dealkylation sites (tertiary alicyclic amines) is 1. The average molecular weight is 737 g/mol. The van der Waals surface area contributed by atoms with Gasteiger partial charge < -0.3 is 25.4 Å². The lowest BCUT2D eigenvalue weighted by Crippen LogP contribution is -2.57. The minimum Gasteiger partial charge on any atom is -0.471 e. The van der Waals surface area contributed by atoms with E-state index in [4.69, 9.17) is 14.7 Å². The Bertz CT molecular complexity index is 1990. The highest BCUT2D eigenvalue weighted by Crippen LogP contribution is 2.46. The number of amides is 3. The third-order valence-corrected chi connectivity index (χ3v) is 12.9. The largest absolute Gasteiger partial charge is 0.471 e. The smallest absolute Gasteiger partial charge is 0.259 e. The Labute approximate surface area is 301 Å². The van der Waals surface area contributed by atoms with Crippen molar-refractivity contribution in [2.75, 3.05) is 6.54 Å². The number of para-hydroxylation sites is 2. The molecule has 15 heteroatoms. The lowest BCUT2D eigenvalue weighted by Gasteiger charge is -2.32. The van der Waals surface area contributed by atoms with Crippen molar-refractivity contribution in [2.24, 2.45) is 11.3 Å². The van der Waals surface area contributed by atoms with Gasteiger partial charge in [-0.1, -0.05) is 39.0 Å². The third-order valence-electron chi connectivity index (χ3n) is 10.0. The number of hydrogen-bond acceptors (Lipinski definition) is 11. The summed E-state index contributed by atoms with van der Waals surface area (Å²) in [4.78, 5) is 54.4. The quantitative estimate of drug-likeness (QED) is 0.191. The monoisotopic (exact) mass is 736 g/mol. The van der Waals surface area contributed by atoms with Crippen LogP contribution in [0.4, 0.5) is 0 Å². The van der Waals surface area contributed by atoms with Crippen LogP contribution in [0.3, 0.4) is 0 Å². The number of thiophene rings is 1. The maximum Gasteiger partial charge on any atom is 0.259 e. The molecule has 0 radical (unpaired) electrons. The molecule has 1 saturated heterocycles. The summed E-state index contributed by atoms with van der Waals surface area (Å²) in [6.45, 7) is 9.64. The highest BCUT2D eigenvalue weighted by molar-refractivity contribution is 7.91. The molecule has 51 heavy (non-hydrogen) atoms. The Kier molecular flexibility index (Phi) is 9.22. The second kappa shape index (κ2) is 13.2. The number of fused-ring (bicyclic) bond motifs is 1. The third kappa shape index (κ3) is 7.39. The lowest BCUT2D eigenvalue weighted by molar-refractivity contribution is -0.150. The molecule has 4 aliphatic rings. The maximum atomic E-state index is 14.1. The van der Waals surface area contributed by atoms with E-state index in [0.717, 1.165) is 16.3 Å². The van der Waals surface area contributed by atoms with E-state index in [-0.39, 0.29) is 25.3 Å². The number of carbonyl (C=O) groups is 3. The van der Waals surface area contributed by atoms with Gasteiger partial charge in [-0.05, 0) is 61.8 Å². The van der Waals surface area contributed by atoms with E-state index < -0.39 is 68.1 Å². The van der Waals surface area contributed by atoms with Crippen LogP contribution in [0.5, 0.6) is 5.88 Å². The summed E-state index contributed by atoms with van der Waals surface area (Å²) in [5.74, 6) is -2.39. The highest BCUT2D eigenvalue weighted by atomic mass is 32.2. The van der Waals surface area contributed by atoms with Crippen molar-refractivity contribution in [3.8, 4) is 16.5 Å². The van der Waals surface area contributed by atoms with Crippen LogP contribution >= 0.6 is 11.3 Å². The average Bonchev–Trinajstić information content (AvgIpc) is 4.03. The van der Waals surface area contributed by atoms with Gasteiger partial charge in [-0.25, -0.2) is 18.4 Å². The Balaban J connectivity index is 1.16. The first-order chi connectivity index (χ1) is 24.2. The Morgan fingerprint density at radius 1 is 1.12 bits per heavy atom. The van der Waals surface area contributed by atoms with Gasteiger partial charge in [0.15, 0.2) is 0 Å². The van der Waals surface area contributed by atoms with E-state index in [1.165, 1.54) is 23.8 Å². The van der Waals surface area contributed by atoms with Crippen molar-refractivity contribution in [2.45, 2.75) is 101 Å². The summed E-state index contributed by atoms with van der Waals surface area (Å²) in [7, 11) is -3.88. The zero-order valence-electron chi connectivity index (χ0n) is 28.9. The van der Waals surface area contributed by atoms with Crippen molar-refractivity contribution >= 4 is 50.1 Å². The van der Waals surface area contributed by atoms with Crippen molar-refractivity contribution in [1.29, 1.82) is 0 Å². The van der Waals surface area contributed by atoms with Crippen molar-refractivity contribution in [1.82, 2.24) is 30.2 Å². The topological polar surface area (TPSA) is 180 Å². The summed E-state index contributed by atoms with van der Waals surface area (Å²) in [6.07, 6.45) is 2.85. The number of ether oxygens (including phenoxy) is 1. The predicted molar refractivity (Wildman–Crippen MR) is 192 cm³/mol. The Hall–Kier alpha value is -3.92. The fourth-order valence-corrected chi connectivity index (χ4v) is 8.74. The number of aliphatic hydroxyl groups excluding tert-OH is 1. The fraction of sp³-hybridized carbons (Fsp3) is 0.528. The van der Waals surface area contributed by atoms with Crippen LogP contribution in [-0.2, 0) is 31.0 Å². The molecule has 0 spiro atoms. The van der Waals surface area contributed by atoms with E-state index in [9.17, 15) is 27.9 Å². The molecule has 1 aromatic carbocycles. The van der Waals surface area contributed by atoms with Gasteiger partial charge in [0.2, 0.25) is 21.8 Å². The lowest BCUT2D eigenvalue weighted by atomic mass is 9.88. The molecule has 4 fully saturated rings. The van der Waals surface area contributed by atoms with Crippen molar-refractivity contribution < 1.29 is 32.6 Å². The molecular formula is C36H44N6O7S2. The minimum atomic E-state index is -3.88. The summed E-state index contributed by atoms with van der Waals surface area (Å²) in [5, 5.41) is 16.7. The molecule has 3 amide bonds. The SMILES string of the molecule is C=C[C@@H]1C[C@]1(NC(=O)[C@@H]1C[C@@H](Oc2nc3ccccc3nc2-c2ccc(CNC3CC3)s2)CN1C(=O)[C@@H](O)C(C)(C)C)C(=O)NS(=O)(=O)C1CC1. The van der Waals surface area contributed by atoms with E-state index >= 15 is 0 Å². The second-order valence-corrected chi connectivity index (χ2v) is 18.3. The number of hydrogen-bond donors (Lipinski definition) is 4. The van der Waals surface area contributed by atoms with Gasteiger partial charge in [-0.3, -0.25) is 19.1 Å². The van der Waals surface area contributed by atoms with Gasteiger partial charge in [0.05, 0.1) is 27.7 Å². The highest BCUT2D eigenvalue weighted by Gasteiger charge is 2.62. The summed E-state index contributed by atoms with van der Waals surface area (Å²) in [6, 6.07) is 10.9. The number of benzene rings is 1. The first kappa shape index (κ1) is 35.5.